The molecule has 0 aliphatic heterocycles. The van der Waals surface area contributed by atoms with Crippen LogP contribution < -0.4 is 5.73 Å². The summed E-state index contributed by atoms with van der Waals surface area (Å²) in [7, 11) is 0. The minimum absolute atomic E-state index is 0.592. The third kappa shape index (κ3) is 2.65. The van der Waals surface area contributed by atoms with Crippen molar-refractivity contribution in [1.82, 2.24) is 9.55 Å². The maximum absolute atomic E-state index is 6.05. The van der Waals surface area contributed by atoms with E-state index in [0.29, 0.717) is 5.95 Å². The lowest BCUT2D eigenvalue weighted by molar-refractivity contribution is 0.725. The standard InChI is InChI=1S/C16H16IN3/c1-11-3-2-4-12(9-11)7-8-20-15-6-5-13(17)10-14(15)19-16(20)18/h2-6,9-10H,7-8H2,1H3,(H2,18,19). The quantitative estimate of drug-likeness (QED) is 0.707. The van der Waals surface area contributed by atoms with E-state index in [1.807, 2.05) is 0 Å². The molecule has 102 valence electrons. The lowest BCUT2D eigenvalue weighted by atomic mass is 10.1. The number of fused-ring (bicyclic) bond motifs is 1. The first kappa shape index (κ1) is 13.4. The van der Waals surface area contributed by atoms with Gasteiger partial charge in [-0.2, -0.15) is 0 Å². The first-order valence-corrected chi connectivity index (χ1v) is 7.68. The Balaban J connectivity index is 1.89. The van der Waals surface area contributed by atoms with Gasteiger partial charge in [0.2, 0.25) is 5.95 Å². The topological polar surface area (TPSA) is 43.8 Å². The predicted octanol–water partition coefficient (Wildman–Crippen LogP) is 3.77. The number of nitrogens with two attached hydrogens (primary N) is 1. The van der Waals surface area contributed by atoms with Crippen molar-refractivity contribution >= 4 is 39.6 Å². The van der Waals surface area contributed by atoms with Gasteiger partial charge in [0.05, 0.1) is 11.0 Å². The molecule has 0 fully saturated rings. The summed E-state index contributed by atoms with van der Waals surface area (Å²) in [5.41, 5.74) is 10.7. The summed E-state index contributed by atoms with van der Waals surface area (Å²) in [6.45, 7) is 2.97. The molecule has 0 saturated carbocycles. The number of benzene rings is 2. The highest BCUT2D eigenvalue weighted by molar-refractivity contribution is 14.1. The summed E-state index contributed by atoms with van der Waals surface area (Å²) in [5.74, 6) is 0.592. The molecular weight excluding hydrogens is 361 g/mol. The highest BCUT2D eigenvalue weighted by atomic mass is 127. The molecule has 1 heterocycles. The average Bonchev–Trinajstić information content (AvgIpc) is 2.71. The fourth-order valence-corrected chi connectivity index (χ4v) is 2.94. The molecule has 0 aliphatic carbocycles. The summed E-state index contributed by atoms with van der Waals surface area (Å²) >= 11 is 2.29. The second-order valence-electron chi connectivity index (χ2n) is 4.99. The molecule has 2 N–H and O–H groups in total. The van der Waals surface area contributed by atoms with Crippen LogP contribution in [0.1, 0.15) is 11.1 Å². The molecule has 1 aromatic heterocycles. The SMILES string of the molecule is Cc1cccc(CCn2c(N)nc3cc(I)ccc32)c1. The lowest BCUT2D eigenvalue weighted by Crippen LogP contribution is -2.05. The van der Waals surface area contributed by atoms with E-state index in [1.165, 1.54) is 14.7 Å². The zero-order valence-electron chi connectivity index (χ0n) is 11.3. The summed E-state index contributed by atoms with van der Waals surface area (Å²) in [5, 5.41) is 0. The normalized spacial score (nSPS) is 11.1. The van der Waals surface area contributed by atoms with Crippen LogP contribution in [-0.4, -0.2) is 9.55 Å². The van der Waals surface area contributed by atoms with Crippen molar-refractivity contribution in [2.75, 3.05) is 5.73 Å². The van der Waals surface area contributed by atoms with E-state index in [-0.39, 0.29) is 0 Å². The number of hydrogen-bond donors (Lipinski definition) is 1. The molecule has 4 heteroatoms. The molecule has 3 aromatic rings. The zero-order valence-corrected chi connectivity index (χ0v) is 13.5. The van der Waals surface area contributed by atoms with Crippen molar-refractivity contribution in [3.63, 3.8) is 0 Å². The number of hydrogen-bond acceptors (Lipinski definition) is 2. The van der Waals surface area contributed by atoms with Crippen molar-refractivity contribution in [3.8, 4) is 0 Å². The van der Waals surface area contributed by atoms with Gasteiger partial charge in [0, 0.05) is 10.1 Å². The van der Waals surface area contributed by atoms with Gasteiger partial charge in [-0.25, -0.2) is 4.98 Å². The van der Waals surface area contributed by atoms with Crippen LogP contribution in [0.2, 0.25) is 0 Å². The van der Waals surface area contributed by atoms with Crippen LogP contribution in [-0.2, 0) is 13.0 Å². The molecule has 2 aromatic carbocycles. The van der Waals surface area contributed by atoms with E-state index < -0.39 is 0 Å². The highest BCUT2D eigenvalue weighted by Gasteiger charge is 2.08. The number of aryl methyl sites for hydroxylation is 3. The second kappa shape index (κ2) is 5.44. The smallest absolute Gasteiger partial charge is 0.201 e. The average molecular weight is 377 g/mol. The van der Waals surface area contributed by atoms with Crippen molar-refractivity contribution in [2.24, 2.45) is 0 Å². The van der Waals surface area contributed by atoms with Gasteiger partial charge in [-0.3, -0.25) is 0 Å². The van der Waals surface area contributed by atoms with Crippen molar-refractivity contribution in [1.29, 1.82) is 0 Å². The molecule has 20 heavy (non-hydrogen) atoms. The fraction of sp³-hybridized carbons (Fsp3) is 0.188. The molecule has 0 bridgehead atoms. The molecule has 0 saturated heterocycles. The van der Waals surface area contributed by atoms with Crippen LogP contribution in [0.4, 0.5) is 5.95 Å². The number of nitrogens with zero attached hydrogens (tertiary/aromatic N) is 2. The Morgan fingerprint density at radius 2 is 2.05 bits per heavy atom. The third-order valence-corrected chi connectivity index (χ3v) is 4.12. The van der Waals surface area contributed by atoms with E-state index in [0.717, 1.165) is 24.0 Å². The Morgan fingerprint density at radius 3 is 2.85 bits per heavy atom. The Hall–Kier alpha value is -1.56. The van der Waals surface area contributed by atoms with Gasteiger partial charge in [-0.1, -0.05) is 29.8 Å². The van der Waals surface area contributed by atoms with Crippen LogP contribution in [0.3, 0.4) is 0 Å². The fourth-order valence-electron chi connectivity index (χ4n) is 2.47. The Bertz CT molecular complexity index is 762. The molecule has 3 nitrogen and oxygen atoms in total. The first-order valence-electron chi connectivity index (χ1n) is 6.60. The maximum Gasteiger partial charge on any atom is 0.201 e. The monoisotopic (exact) mass is 377 g/mol. The number of aromatic nitrogens is 2. The predicted molar refractivity (Wildman–Crippen MR) is 91.7 cm³/mol. The van der Waals surface area contributed by atoms with E-state index in [1.54, 1.807) is 0 Å². The third-order valence-electron chi connectivity index (χ3n) is 3.45. The number of halogens is 1. The van der Waals surface area contributed by atoms with Crippen LogP contribution in [0.25, 0.3) is 11.0 Å². The summed E-state index contributed by atoms with van der Waals surface area (Å²) in [4.78, 5) is 4.44. The van der Waals surface area contributed by atoms with Crippen LogP contribution in [0, 0.1) is 10.5 Å². The first-order chi connectivity index (χ1) is 9.63. The Morgan fingerprint density at radius 1 is 1.20 bits per heavy atom. The number of imidazole rings is 1. The van der Waals surface area contributed by atoms with Gasteiger partial charge in [-0.05, 0) is 59.7 Å². The van der Waals surface area contributed by atoms with Crippen LogP contribution in [0.5, 0.6) is 0 Å². The molecule has 0 spiro atoms. The molecule has 0 unspecified atom stereocenters. The lowest BCUT2D eigenvalue weighted by Gasteiger charge is -2.07. The van der Waals surface area contributed by atoms with Crippen LogP contribution >= 0.6 is 22.6 Å². The Kier molecular flexibility index (Phi) is 3.65. The van der Waals surface area contributed by atoms with E-state index in [9.17, 15) is 0 Å². The number of rotatable bonds is 3. The summed E-state index contributed by atoms with van der Waals surface area (Å²) in [6.07, 6.45) is 0.962. The van der Waals surface area contributed by atoms with Crippen molar-refractivity contribution < 1.29 is 0 Å². The number of nitrogen functional groups attached to an aromatic ring is 1. The molecule has 0 aliphatic rings. The van der Waals surface area contributed by atoms with E-state index in [4.69, 9.17) is 5.73 Å². The van der Waals surface area contributed by atoms with Crippen molar-refractivity contribution in [2.45, 2.75) is 19.9 Å². The van der Waals surface area contributed by atoms with Gasteiger partial charge in [0.1, 0.15) is 0 Å². The van der Waals surface area contributed by atoms with Gasteiger partial charge < -0.3 is 10.3 Å². The van der Waals surface area contributed by atoms with Gasteiger partial charge in [0.15, 0.2) is 0 Å². The molecule has 0 atom stereocenters. The summed E-state index contributed by atoms with van der Waals surface area (Å²) in [6, 6.07) is 14.8. The highest BCUT2D eigenvalue weighted by Crippen LogP contribution is 2.21. The van der Waals surface area contributed by atoms with Gasteiger partial charge in [0.25, 0.3) is 0 Å². The maximum atomic E-state index is 6.05. The van der Waals surface area contributed by atoms with Gasteiger partial charge >= 0.3 is 0 Å². The Labute approximate surface area is 132 Å². The molecule has 3 rings (SSSR count). The van der Waals surface area contributed by atoms with Crippen molar-refractivity contribution in [3.05, 3.63) is 57.2 Å². The number of anilines is 1. The van der Waals surface area contributed by atoms with E-state index in [2.05, 4.69) is 81.5 Å². The largest absolute Gasteiger partial charge is 0.369 e. The van der Waals surface area contributed by atoms with E-state index >= 15 is 0 Å². The molecular formula is C16H16IN3. The van der Waals surface area contributed by atoms with Crippen LogP contribution in [0.15, 0.2) is 42.5 Å². The minimum atomic E-state index is 0.592. The zero-order chi connectivity index (χ0) is 14.1. The molecule has 0 amide bonds. The molecule has 0 radical (unpaired) electrons. The minimum Gasteiger partial charge on any atom is -0.369 e. The second-order valence-corrected chi connectivity index (χ2v) is 6.24. The van der Waals surface area contributed by atoms with Gasteiger partial charge in [-0.15, -0.1) is 0 Å². The summed E-state index contributed by atoms with van der Waals surface area (Å²) < 4.78 is 3.27.